The minimum atomic E-state index is -4.46. The molecule has 1 aromatic heterocycles. The van der Waals surface area contributed by atoms with Crippen molar-refractivity contribution in [2.45, 2.75) is 11.5 Å². The minimum Gasteiger partial charge on any atom is -0.388 e. The topological polar surface area (TPSA) is 130 Å². The molecule has 0 saturated heterocycles. The molecule has 3 N–H and O–H groups in total. The van der Waals surface area contributed by atoms with Crippen LogP contribution in [0.2, 0.25) is 0 Å². The molecule has 0 saturated carbocycles. The van der Waals surface area contributed by atoms with Gasteiger partial charge in [-0.25, -0.2) is 22.3 Å². The summed E-state index contributed by atoms with van der Waals surface area (Å²) in [6, 6.07) is 9.08. The summed E-state index contributed by atoms with van der Waals surface area (Å²) >= 11 is 0. The molecule has 0 aliphatic rings. The molecule has 0 fully saturated rings. The zero-order valence-corrected chi connectivity index (χ0v) is 14.3. The summed E-state index contributed by atoms with van der Waals surface area (Å²) in [4.78, 5) is -0.995. The number of halogens is 2. The van der Waals surface area contributed by atoms with E-state index in [9.17, 15) is 22.3 Å². The number of sulfonamides is 1. The largest absolute Gasteiger partial charge is 0.388 e. The molecule has 0 spiro atoms. The first-order valence-electron chi connectivity index (χ1n) is 7.38. The second-order valence-electron chi connectivity index (χ2n) is 5.48. The molecule has 0 bridgehead atoms. The predicted molar refractivity (Wildman–Crippen MR) is 89.3 cm³/mol. The first-order valence-corrected chi connectivity index (χ1v) is 8.93. The van der Waals surface area contributed by atoms with E-state index in [4.69, 9.17) is 14.9 Å². The molecule has 0 atom stereocenters. The van der Waals surface area contributed by atoms with E-state index in [1.807, 2.05) is 6.07 Å². The molecule has 3 aromatic rings. The zero-order valence-electron chi connectivity index (χ0n) is 13.5. The molecule has 1 heterocycles. The van der Waals surface area contributed by atoms with Crippen LogP contribution in [0.1, 0.15) is 11.3 Å². The van der Waals surface area contributed by atoms with Gasteiger partial charge in [0.2, 0.25) is 10.0 Å². The molecule has 2 aromatic carbocycles. The van der Waals surface area contributed by atoms with Crippen molar-refractivity contribution in [3.63, 3.8) is 0 Å². The molecule has 3 rings (SSSR count). The molecular formula is C17H11F2N3O4S. The fourth-order valence-electron chi connectivity index (χ4n) is 2.55. The Labute approximate surface area is 152 Å². The third kappa shape index (κ3) is 3.43. The molecule has 27 heavy (non-hydrogen) atoms. The highest BCUT2D eigenvalue weighted by Gasteiger charge is 2.25. The average Bonchev–Trinajstić information content (AvgIpc) is 3.06. The van der Waals surface area contributed by atoms with Gasteiger partial charge in [-0.15, -0.1) is 0 Å². The molecule has 7 nitrogen and oxygen atoms in total. The van der Waals surface area contributed by atoms with Gasteiger partial charge < -0.3 is 9.63 Å². The average molecular weight is 391 g/mol. The van der Waals surface area contributed by atoms with Crippen molar-refractivity contribution < 1.29 is 26.8 Å². The summed E-state index contributed by atoms with van der Waals surface area (Å²) in [6.07, 6.45) is 0. The lowest BCUT2D eigenvalue weighted by Crippen LogP contribution is -2.14. The number of aromatic nitrogens is 1. The lowest BCUT2D eigenvalue weighted by Gasteiger charge is -2.08. The monoisotopic (exact) mass is 391 g/mol. The van der Waals surface area contributed by atoms with E-state index >= 15 is 0 Å². The van der Waals surface area contributed by atoms with E-state index in [-0.39, 0.29) is 22.6 Å². The van der Waals surface area contributed by atoms with Crippen molar-refractivity contribution in [3.05, 3.63) is 59.4 Å². The Bertz CT molecular complexity index is 1170. The van der Waals surface area contributed by atoms with Crippen molar-refractivity contribution in [1.82, 2.24) is 5.16 Å². The van der Waals surface area contributed by atoms with Gasteiger partial charge in [-0.1, -0.05) is 17.3 Å². The Morgan fingerprint density at radius 1 is 1.19 bits per heavy atom. The number of aliphatic hydroxyl groups is 1. The second kappa shape index (κ2) is 6.88. The molecule has 0 amide bonds. The van der Waals surface area contributed by atoms with Crippen molar-refractivity contribution in [1.29, 1.82) is 5.26 Å². The van der Waals surface area contributed by atoms with Gasteiger partial charge in [0, 0.05) is 11.1 Å². The summed E-state index contributed by atoms with van der Waals surface area (Å²) < 4.78 is 56.5. The van der Waals surface area contributed by atoms with Gasteiger partial charge in [0.15, 0.2) is 5.76 Å². The first kappa shape index (κ1) is 18.7. The van der Waals surface area contributed by atoms with Crippen LogP contribution in [0.4, 0.5) is 8.78 Å². The number of hydrogen-bond acceptors (Lipinski definition) is 6. The van der Waals surface area contributed by atoms with Gasteiger partial charge >= 0.3 is 0 Å². The summed E-state index contributed by atoms with van der Waals surface area (Å²) in [5.41, 5.74) is 0.484. The van der Waals surface area contributed by atoms with Crippen LogP contribution in [0.25, 0.3) is 22.4 Å². The highest BCUT2D eigenvalue weighted by molar-refractivity contribution is 7.89. The standard InChI is InChI=1S/C17H11F2N3O4S/c18-12-6-15(27(21,24)25)13(19)5-11(12)16-14(8-23)26-22-17(16)10-3-1-9(7-20)2-4-10/h1-6,23H,8H2,(H2,21,24,25). The van der Waals surface area contributed by atoms with Gasteiger partial charge in [-0.05, 0) is 24.3 Å². The van der Waals surface area contributed by atoms with E-state index in [1.165, 1.54) is 24.3 Å². The number of nitrogens with two attached hydrogens (primary N) is 1. The highest BCUT2D eigenvalue weighted by atomic mass is 32.2. The highest BCUT2D eigenvalue weighted by Crippen LogP contribution is 2.37. The fourth-order valence-corrected chi connectivity index (χ4v) is 3.15. The lowest BCUT2D eigenvalue weighted by atomic mass is 9.98. The molecule has 0 aliphatic carbocycles. The number of primary sulfonamides is 1. The van der Waals surface area contributed by atoms with Crippen LogP contribution >= 0.6 is 0 Å². The van der Waals surface area contributed by atoms with Gasteiger partial charge in [0.1, 0.15) is 28.8 Å². The maximum atomic E-state index is 14.6. The summed E-state index contributed by atoms with van der Waals surface area (Å²) in [7, 11) is -4.46. The van der Waals surface area contributed by atoms with E-state index in [1.54, 1.807) is 0 Å². The third-order valence-corrected chi connectivity index (χ3v) is 4.72. The Balaban J connectivity index is 2.24. The predicted octanol–water partition coefficient (Wildman–Crippen LogP) is 2.30. The van der Waals surface area contributed by atoms with Crippen LogP contribution in [-0.2, 0) is 16.6 Å². The second-order valence-corrected chi connectivity index (χ2v) is 7.01. The molecule has 0 radical (unpaired) electrons. The number of nitriles is 1. The number of rotatable bonds is 4. The van der Waals surface area contributed by atoms with Crippen molar-refractivity contribution >= 4 is 10.0 Å². The van der Waals surface area contributed by atoms with Crippen molar-refractivity contribution in [3.8, 4) is 28.5 Å². The van der Waals surface area contributed by atoms with Gasteiger partial charge in [-0.2, -0.15) is 5.26 Å². The van der Waals surface area contributed by atoms with Crippen molar-refractivity contribution in [2.75, 3.05) is 0 Å². The number of nitrogens with zero attached hydrogens (tertiary/aromatic N) is 2. The van der Waals surface area contributed by atoms with Crippen LogP contribution in [0.5, 0.6) is 0 Å². The molecule has 138 valence electrons. The Kier molecular flexibility index (Phi) is 4.75. The van der Waals surface area contributed by atoms with Crippen LogP contribution in [-0.4, -0.2) is 18.7 Å². The smallest absolute Gasteiger partial charge is 0.241 e. The summed E-state index contributed by atoms with van der Waals surface area (Å²) in [6.45, 7) is -0.656. The lowest BCUT2D eigenvalue weighted by molar-refractivity contribution is 0.230. The Morgan fingerprint density at radius 3 is 2.41 bits per heavy atom. The number of aliphatic hydroxyl groups excluding tert-OH is 1. The Hall–Kier alpha value is -3.13. The molecule has 0 unspecified atom stereocenters. The SMILES string of the molecule is N#Cc1ccc(-c2noc(CO)c2-c2cc(F)c(S(N)(=O)=O)cc2F)cc1. The first-order chi connectivity index (χ1) is 12.8. The van der Waals surface area contributed by atoms with Crippen LogP contribution in [0, 0.1) is 23.0 Å². The fraction of sp³-hybridized carbons (Fsp3) is 0.0588. The van der Waals surface area contributed by atoms with Crippen LogP contribution in [0.3, 0.4) is 0 Å². The maximum absolute atomic E-state index is 14.6. The van der Waals surface area contributed by atoms with E-state index in [2.05, 4.69) is 5.16 Å². The van der Waals surface area contributed by atoms with Gasteiger partial charge in [-0.3, -0.25) is 0 Å². The Morgan fingerprint density at radius 2 is 1.85 bits per heavy atom. The quantitative estimate of drug-likeness (QED) is 0.702. The van der Waals surface area contributed by atoms with Crippen LogP contribution in [0.15, 0.2) is 45.8 Å². The summed E-state index contributed by atoms with van der Waals surface area (Å²) in [5, 5.41) is 27.0. The summed E-state index contributed by atoms with van der Waals surface area (Å²) in [5.74, 6) is -2.49. The van der Waals surface area contributed by atoms with E-state index in [0.29, 0.717) is 23.3 Å². The third-order valence-electron chi connectivity index (χ3n) is 3.79. The zero-order chi connectivity index (χ0) is 19.8. The minimum absolute atomic E-state index is 0.0421. The van der Waals surface area contributed by atoms with Gasteiger partial charge in [0.25, 0.3) is 0 Å². The van der Waals surface area contributed by atoms with Gasteiger partial charge in [0.05, 0.1) is 17.2 Å². The van der Waals surface area contributed by atoms with E-state index in [0.717, 1.165) is 0 Å². The van der Waals surface area contributed by atoms with Crippen LogP contribution < -0.4 is 5.14 Å². The molecule has 10 heteroatoms. The number of hydrogen-bond donors (Lipinski definition) is 2. The number of benzene rings is 2. The van der Waals surface area contributed by atoms with Crippen molar-refractivity contribution in [2.24, 2.45) is 5.14 Å². The van der Waals surface area contributed by atoms with E-state index < -0.39 is 33.2 Å². The molecular weight excluding hydrogens is 380 g/mol. The maximum Gasteiger partial charge on any atom is 0.241 e. The normalized spacial score (nSPS) is 11.4. The molecule has 0 aliphatic heterocycles.